The van der Waals surface area contributed by atoms with E-state index in [0.717, 1.165) is 33.5 Å². The molecule has 0 aliphatic carbocycles. The highest BCUT2D eigenvalue weighted by atomic mass is 35.5. The van der Waals surface area contributed by atoms with Crippen LogP contribution in [0.2, 0.25) is 5.02 Å². The van der Waals surface area contributed by atoms with E-state index in [4.69, 9.17) is 16.3 Å². The third-order valence-corrected chi connectivity index (χ3v) is 5.91. The van der Waals surface area contributed by atoms with E-state index in [9.17, 15) is 4.79 Å². The second-order valence-corrected chi connectivity index (χ2v) is 8.22. The van der Waals surface area contributed by atoms with Gasteiger partial charge in [-0.15, -0.1) is 0 Å². The topological polar surface area (TPSA) is 43.3 Å². The zero-order chi connectivity index (χ0) is 22.3. The summed E-state index contributed by atoms with van der Waals surface area (Å²) in [6.07, 6.45) is 2.77. The first-order valence-corrected chi connectivity index (χ1v) is 11.2. The molecule has 0 aliphatic rings. The fraction of sp³-hybridized carbons (Fsp3) is 0.222. The highest BCUT2D eigenvalue weighted by Gasteiger charge is 2.25. The summed E-state index contributed by atoms with van der Waals surface area (Å²) in [6, 6.07) is 25.4. The van der Waals surface area contributed by atoms with E-state index in [2.05, 4.69) is 9.88 Å². The molecule has 0 radical (unpaired) electrons. The Kier molecular flexibility index (Phi) is 7.38. The number of benzene rings is 3. The largest absolute Gasteiger partial charge is 0.383 e. The first-order chi connectivity index (χ1) is 15.7. The Hall–Kier alpha value is -2.92. The third kappa shape index (κ3) is 5.10. The number of halogens is 1. The molecule has 0 spiro atoms. The molecule has 0 aliphatic heterocycles. The van der Waals surface area contributed by atoms with Crippen LogP contribution in [0.25, 0.3) is 10.9 Å². The number of para-hydroxylation sites is 1. The lowest BCUT2D eigenvalue weighted by Gasteiger charge is -2.18. The maximum absolute atomic E-state index is 13.8. The number of carbonyl (C=O) groups excluding carboxylic acids is 1. The van der Waals surface area contributed by atoms with E-state index in [0.29, 0.717) is 19.7 Å². The summed E-state index contributed by atoms with van der Waals surface area (Å²) < 4.78 is 7.36. The number of methoxy groups -OCH3 is 1. The number of ketones is 1. The van der Waals surface area contributed by atoms with Gasteiger partial charge in [0.05, 0.1) is 12.6 Å². The summed E-state index contributed by atoms with van der Waals surface area (Å²) in [5.74, 6) is 0.0691. The first kappa shape index (κ1) is 22.3. The Morgan fingerprint density at radius 3 is 2.47 bits per heavy atom. The lowest BCUT2D eigenvalue weighted by atomic mass is 9.96. The standard InChI is InChI=1S/C27H27ClN2O2/c1-32-18-17-30-19-24(23-9-5-6-10-25(23)30)27(31)26(21-7-3-2-4-8-21)29-16-15-20-11-13-22(28)14-12-20/h2-14,19,26,29H,15-18H2,1H3. The summed E-state index contributed by atoms with van der Waals surface area (Å²) in [7, 11) is 1.69. The molecule has 1 aromatic heterocycles. The van der Waals surface area contributed by atoms with Crippen molar-refractivity contribution in [2.45, 2.75) is 19.0 Å². The van der Waals surface area contributed by atoms with Crippen LogP contribution in [0.5, 0.6) is 0 Å². The average molecular weight is 447 g/mol. The minimum atomic E-state index is -0.426. The van der Waals surface area contributed by atoms with Crippen molar-refractivity contribution in [3.63, 3.8) is 0 Å². The number of aromatic nitrogens is 1. The minimum Gasteiger partial charge on any atom is -0.383 e. The Balaban J connectivity index is 1.61. The zero-order valence-corrected chi connectivity index (χ0v) is 18.9. The fourth-order valence-corrected chi connectivity index (χ4v) is 4.12. The van der Waals surface area contributed by atoms with E-state index in [1.54, 1.807) is 7.11 Å². The predicted molar refractivity (Wildman–Crippen MR) is 130 cm³/mol. The molecule has 3 aromatic carbocycles. The molecule has 0 fully saturated rings. The van der Waals surface area contributed by atoms with Crippen LogP contribution in [0, 0.1) is 0 Å². The quantitative estimate of drug-likeness (QED) is 0.318. The molecule has 4 aromatic rings. The van der Waals surface area contributed by atoms with E-state index in [1.807, 2.05) is 85.1 Å². The molecule has 5 heteroatoms. The number of nitrogens with zero attached hydrogens (tertiary/aromatic N) is 1. The summed E-state index contributed by atoms with van der Waals surface area (Å²) in [5.41, 5.74) is 3.91. The minimum absolute atomic E-state index is 0.0691. The summed E-state index contributed by atoms with van der Waals surface area (Å²) >= 11 is 6.00. The highest BCUT2D eigenvalue weighted by molar-refractivity contribution is 6.30. The van der Waals surface area contributed by atoms with Crippen LogP contribution in [0.15, 0.2) is 85.1 Å². The van der Waals surface area contributed by atoms with Crippen molar-refractivity contribution in [1.29, 1.82) is 0 Å². The van der Waals surface area contributed by atoms with E-state index in [1.165, 1.54) is 5.56 Å². The lowest BCUT2D eigenvalue weighted by Crippen LogP contribution is -2.30. The summed E-state index contributed by atoms with van der Waals surface area (Å²) in [5, 5.41) is 5.19. The number of hydrogen-bond donors (Lipinski definition) is 1. The molecule has 164 valence electrons. The molecule has 0 saturated carbocycles. The van der Waals surface area contributed by atoms with Gasteiger partial charge in [-0.05, 0) is 35.7 Å². The van der Waals surface area contributed by atoms with Gasteiger partial charge >= 0.3 is 0 Å². The van der Waals surface area contributed by atoms with E-state index in [-0.39, 0.29) is 5.78 Å². The molecule has 1 unspecified atom stereocenters. The van der Waals surface area contributed by atoms with Gasteiger partial charge in [0, 0.05) is 47.9 Å². The second kappa shape index (κ2) is 10.6. The predicted octanol–water partition coefficient (Wildman–Crippen LogP) is 5.70. The monoisotopic (exact) mass is 446 g/mol. The lowest BCUT2D eigenvalue weighted by molar-refractivity contribution is 0.0944. The van der Waals surface area contributed by atoms with Crippen LogP contribution >= 0.6 is 11.6 Å². The number of nitrogens with one attached hydrogen (secondary N) is 1. The van der Waals surface area contributed by atoms with Gasteiger partial charge < -0.3 is 14.6 Å². The van der Waals surface area contributed by atoms with Crippen molar-refractivity contribution >= 4 is 28.3 Å². The van der Waals surface area contributed by atoms with E-state index >= 15 is 0 Å². The van der Waals surface area contributed by atoms with Gasteiger partial charge in [0.25, 0.3) is 0 Å². The fourth-order valence-electron chi connectivity index (χ4n) is 3.99. The number of ether oxygens (including phenoxy) is 1. The van der Waals surface area contributed by atoms with Gasteiger partial charge in [0.1, 0.15) is 0 Å². The van der Waals surface area contributed by atoms with Crippen molar-refractivity contribution in [3.05, 3.63) is 107 Å². The Morgan fingerprint density at radius 2 is 1.72 bits per heavy atom. The van der Waals surface area contributed by atoms with Crippen molar-refractivity contribution < 1.29 is 9.53 Å². The smallest absolute Gasteiger partial charge is 0.186 e. The van der Waals surface area contributed by atoms with Gasteiger partial charge in [-0.25, -0.2) is 0 Å². The van der Waals surface area contributed by atoms with Crippen molar-refractivity contribution in [2.24, 2.45) is 0 Å². The van der Waals surface area contributed by atoms with E-state index < -0.39 is 6.04 Å². The molecule has 1 heterocycles. The normalized spacial score (nSPS) is 12.2. The first-order valence-electron chi connectivity index (χ1n) is 10.8. The van der Waals surface area contributed by atoms with Crippen LogP contribution in [0.1, 0.15) is 27.5 Å². The number of carbonyl (C=O) groups is 1. The average Bonchev–Trinajstić information content (AvgIpc) is 3.20. The molecule has 4 rings (SSSR count). The van der Waals surface area contributed by atoms with Crippen molar-refractivity contribution in [3.8, 4) is 0 Å². The van der Waals surface area contributed by atoms with Crippen molar-refractivity contribution in [2.75, 3.05) is 20.3 Å². The number of Topliss-reactive ketones (excluding diaryl/α,β-unsaturated/α-hetero) is 1. The molecule has 1 N–H and O–H groups in total. The van der Waals surface area contributed by atoms with Crippen LogP contribution in [0.3, 0.4) is 0 Å². The molecular weight excluding hydrogens is 420 g/mol. The van der Waals surface area contributed by atoms with Crippen molar-refractivity contribution in [1.82, 2.24) is 9.88 Å². The molecule has 32 heavy (non-hydrogen) atoms. The Morgan fingerprint density at radius 1 is 1.00 bits per heavy atom. The van der Waals surface area contributed by atoms with Crippen LogP contribution in [-0.4, -0.2) is 30.6 Å². The van der Waals surface area contributed by atoms with Crippen LogP contribution in [-0.2, 0) is 17.7 Å². The van der Waals surface area contributed by atoms with Gasteiger partial charge in [0.2, 0.25) is 0 Å². The second-order valence-electron chi connectivity index (χ2n) is 7.78. The highest BCUT2D eigenvalue weighted by Crippen LogP contribution is 2.27. The number of fused-ring (bicyclic) bond motifs is 1. The zero-order valence-electron chi connectivity index (χ0n) is 18.1. The molecule has 0 bridgehead atoms. The number of hydrogen-bond acceptors (Lipinski definition) is 3. The summed E-state index contributed by atoms with van der Waals surface area (Å²) in [4.78, 5) is 13.8. The molecular formula is C27H27ClN2O2. The third-order valence-electron chi connectivity index (χ3n) is 5.66. The Labute approximate surface area is 193 Å². The van der Waals surface area contributed by atoms with Crippen LogP contribution < -0.4 is 5.32 Å². The molecule has 0 saturated heterocycles. The number of rotatable bonds is 10. The Bertz CT molecular complexity index is 1170. The van der Waals surface area contributed by atoms with Crippen LogP contribution in [0.4, 0.5) is 0 Å². The molecule has 0 amide bonds. The molecule has 4 nitrogen and oxygen atoms in total. The maximum Gasteiger partial charge on any atom is 0.186 e. The summed E-state index contributed by atoms with van der Waals surface area (Å²) in [6.45, 7) is 1.97. The SMILES string of the molecule is COCCn1cc(C(=O)C(NCCc2ccc(Cl)cc2)c2ccccc2)c2ccccc21. The van der Waals surface area contributed by atoms with Gasteiger partial charge in [-0.1, -0.05) is 72.3 Å². The maximum atomic E-state index is 13.8. The van der Waals surface area contributed by atoms with Gasteiger partial charge in [-0.3, -0.25) is 4.79 Å². The van der Waals surface area contributed by atoms with Gasteiger partial charge in [-0.2, -0.15) is 0 Å². The van der Waals surface area contributed by atoms with Gasteiger partial charge in [0.15, 0.2) is 5.78 Å². The molecule has 1 atom stereocenters.